The fraction of sp³-hybridized carbons (Fsp3) is 0.419. The first kappa shape index (κ1) is 33.1. The molecule has 0 fully saturated rings. The Balaban J connectivity index is 0.000000324. The Kier molecular flexibility index (Phi) is 16.3. The molecule has 0 radical (unpaired) electrons. The molecule has 3 rings (SSSR count). The zero-order valence-electron chi connectivity index (χ0n) is 23.7. The van der Waals surface area contributed by atoms with Crippen LogP contribution in [0.3, 0.4) is 0 Å². The molecule has 8 heteroatoms. The van der Waals surface area contributed by atoms with Crippen LogP contribution in [0.1, 0.15) is 64.5 Å². The number of imide groups is 1. The van der Waals surface area contributed by atoms with Crippen molar-refractivity contribution in [3.63, 3.8) is 0 Å². The highest BCUT2D eigenvalue weighted by Gasteiger charge is 2.22. The number of carbonyl (C=O) groups is 4. The summed E-state index contributed by atoms with van der Waals surface area (Å²) in [5.74, 6) is 0.872. The van der Waals surface area contributed by atoms with E-state index in [2.05, 4.69) is 42.8 Å². The van der Waals surface area contributed by atoms with E-state index in [-0.39, 0.29) is 23.8 Å². The van der Waals surface area contributed by atoms with Gasteiger partial charge in [0.05, 0.1) is 13.2 Å². The summed E-state index contributed by atoms with van der Waals surface area (Å²) in [6.07, 6.45) is 6.26. The number of aryl methyl sites for hydroxylation is 2. The van der Waals surface area contributed by atoms with Crippen molar-refractivity contribution in [2.24, 2.45) is 0 Å². The lowest BCUT2D eigenvalue weighted by atomic mass is 10.2. The molecule has 39 heavy (non-hydrogen) atoms. The predicted molar refractivity (Wildman–Crippen MR) is 150 cm³/mol. The number of ether oxygens (including phenoxy) is 3. The van der Waals surface area contributed by atoms with Gasteiger partial charge in [0.25, 0.3) is 11.8 Å². The molecule has 0 saturated carbocycles. The maximum absolute atomic E-state index is 11.2. The summed E-state index contributed by atoms with van der Waals surface area (Å²) in [5, 5.41) is 0. The molecule has 2 amide bonds. The van der Waals surface area contributed by atoms with E-state index in [1.165, 1.54) is 35.1 Å². The van der Waals surface area contributed by atoms with Crippen LogP contribution in [0, 0.1) is 6.92 Å². The minimum atomic E-state index is -0.250. The minimum Gasteiger partial charge on any atom is -0.466 e. The summed E-state index contributed by atoms with van der Waals surface area (Å²) in [4.78, 5) is 44.4. The highest BCUT2D eigenvalue weighted by molar-refractivity contribution is 6.12. The van der Waals surface area contributed by atoms with Crippen LogP contribution in [0.25, 0.3) is 0 Å². The molecule has 0 aliphatic carbocycles. The molecule has 212 valence electrons. The van der Waals surface area contributed by atoms with Gasteiger partial charge in [0.1, 0.15) is 11.5 Å². The fourth-order valence-electron chi connectivity index (χ4n) is 3.34. The lowest BCUT2D eigenvalue weighted by Crippen LogP contribution is -2.30. The topological polar surface area (TPSA) is 99.2 Å². The van der Waals surface area contributed by atoms with Crippen molar-refractivity contribution in [2.45, 2.75) is 66.7 Å². The van der Waals surface area contributed by atoms with Crippen molar-refractivity contribution in [1.29, 1.82) is 0 Å². The standard InChI is InChI=1S/C15H16O.C12H17NO4.C4H8O2/c1-3-13-6-10-15(11-7-13)16-14-8-4-12(2)5-9-14;1-2-17-12(16)6-4-3-5-9-13-10(14)7-8-11(13)15;1-3-6-4(2)5/h4-11H,3H2,1-2H3;7-8H,2-6,9H2,1H3;3H2,1-2H3. The molecular weight excluding hydrogens is 498 g/mol. The van der Waals surface area contributed by atoms with Gasteiger partial charge in [-0.2, -0.15) is 0 Å². The number of rotatable bonds is 11. The molecule has 2 aromatic carbocycles. The fourth-order valence-corrected chi connectivity index (χ4v) is 3.34. The van der Waals surface area contributed by atoms with E-state index < -0.39 is 0 Å². The van der Waals surface area contributed by atoms with Crippen LogP contribution in [0.4, 0.5) is 0 Å². The Morgan fingerprint density at radius 1 is 0.744 bits per heavy atom. The van der Waals surface area contributed by atoms with Gasteiger partial charge >= 0.3 is 11.9 Å². The third-order valence-electron chi connectivity index (χ3n) is 5.40. The Morgan fingerprint density at radius 2 is 1.28 bits per heavy atom. The van der Waals surface area contributed by atoms with Gasteiger partial charge in [-0.3, -0.25) is 24.1 Å². The van der Waals surface area contributed by atoms with E-state index in [1.807, 2.05) is 24.3 Å². The molecule has 0 atom stereocenters. The molecule has 0 bridgehead atoms. The Labute approximate surface area is 231 Å². The maximum atomic E-state index is 11.2. The first-order valence-corrected chi connectivity index (χ1v) is 13.4. The van der Waals surface area contributed by atoms with Gasteiger partial charge in [-0.1, -0.05) is 43.2 Å². The monoisotopic (exact) mass is 539 g/mol. The summed E-state index contributed by atoms with van der Waals surface area (Å²) in [6.45, 7) is 10.5. The van der Waals surface area contributed by atoms with E-state index in [4.69, 9.17) is 9.47 Å². The molecule has 1 aliphatic heterocycles. The van der Waals surface area contributed by atoms with Crippen LogP contribution in [0.2, 0.25) is 0 Å². The molecule has 0 saturated heterocycles. The summed E-state index contributed by atoms with van der Waals surface area (Å²) < 4.78 is 14.9. The van der Waals surface area contributed by atoms with E-state index in [9.17, 15) is 19.2 Å². The average molecular weight is 540 g/mol. The summed E-state index contributed by atoms with van der Waals surface area (Å²) in [5.41, 5.74) is 2.57. The highest BCUT2D eigenvalue weighted by atomic mass is 16.5. The summed E-state index contributed by atoms with van der Waals surface area (Å²) in [7, 11) is 0. The molecule has 2 aromatic rings. The first-order chi connectivity index (χ1) is 18.7. The van der Waals surface area contributed by atoms with E-state index in [1.54, 1.807) is 13.8 Å². The van der Waals surface area contributed by atoms with Crippen molar-refractivity contribution in [1.82, 2.24) is 4.90 Å². The van der Waals surface area contributed by atoms with Crippen LogP contribution in [-0.4, -0.2) is 48.4 Å². The molecule has 0 aromatic heterocycles. The van der Waals surface area contributed by atoms with E-state index in [0.717, 1.165) is 37.2 Å². The van der Waals surface area contributed by atoms with Gasteiger partial charge < -0.3 is 14.2 Å². The number of nitrogens with zero attached hydrogens (tertiary/aromatic N) is 1. The van der Waals surface area contributed by atoms with Gasteiger partial charge in [0.2, 0.25) is 0 Å². The van der Waals surface area contributed by atoms with Gasteiger partial charge in [0, 0.05) is 32.0 Å². The van der Waals surface area contributed by atoms with Gasteiger partial charge in [0.15, 0.2) is 0 Å². The summed E-state index contributed by atoms with van der Waals surface area (Å²) >= 11 is 0. The number of carbonyl (C=O) groups excluding carboxylic acids is 4. The second-order valence-corrected chi connectivity index (χ2v) is 8.61. The van der Waals surface area contributed by atoms with Crippen molar-refractivity contribution in [3.8, 4) is 11.5 Å². The number of amides is 2. The van der Waals surface area contributed by atoms with Crippen molar-refractivity contribution in [2.75, 3.05) is 19.8 Å². The number of unbranched alkanes of at least 4 members (excludes halogenated alkanes) is 2. The van der Waals surface area contributed by atoms with Gasteiger partial charge in [-0.15, -0.1) is 0 Å². The normalized spacial score (nSPS) is 11.7. The van der Waals surface area contributed by atoms with Crippen LogP contribution < -0.4 is 4.74 Å². The second-order valence-electron chi connectivity index (χ2n) is 8.61. The van der Waals surface area contributed by atoms with Crippen LogP contribution in [0.15, 0.2) is 60.7 Å². The summed E-state index contributed by atoms with van der Waals surface area (Å²) in [6, 6.07) is 16.3. The van der Waals surface area contributed by atoms with Crippen molar-refractivity contribution < 1.29 is 33.4 Å². The van der Waals surface area contributed by atoms with Crippen LogP contribution in [-0.2, 0) is 35.1 Å². The Hall–Kier alpha value is -3.94. The zero-order chi connectivity index (χ0) is 29.0. The molecule has 1 aliphatic rings. The quantitative estimate of drug-likeness (QED) is 0.198. The van der Waals surface area contributed by atoms with Crippen molar-refractivity contribution in [3.05, 3.63) is 71.8 Å². The molecule has 8 nitrogen and oxygen atoms in total. The Morgan fingerprint density at radius 3 is 1.74 bits per heavy atom. The van der Waals surface area contributed by atoms with Crippen molar-refractivity contribution >= 4 is 23.8 Å². The lowest BCUT2D eigenvalue weighted by Gasteiger charge is -2.12. The smallest absolute Gasteiger partial charge is 0.305 e. The minimum absolute atomic E-state index is 0.192. The molecular formula is C31H41NO7. The van der Waals surface area contributed by atoms with Crippen LogP contribution >= 0.6 is 0 Å². The highest BCUT2D eigenvalue weighted by Crippen LogP contribution is 2.22. The number of hydrogen-bond acceptors (Lipinski definition) is 7. The van der Waals surface area contributed by atoms with E-state index in [0.29, 0.717) is 26.2 Å². The predicted octanol–water partition coefficient (Wildman–Crippen LogP) is 5.95. The maximum Gasteiger partial charge on any atom is 0.305 e. The average Bonchev–Trinajstić information content (AvgIpc) is 3.23. The molecule has 0 N–H and O–H groups in total. The SMILES string of the molecule is CCOC(=O)CCCCCN1C(=O)C=CC1=O.CCOC(C)=O.CCc1ccc(Oc2ccc(C)cc2)cc1. The Bertz CT molecular complexity index is 1040. The second kappa shape index (κ2) is 19.2. The van der Waals surface area contributed by atoms with Crippen LogP contribution in [0.5, 0.6) is 11.5 Å². The number of esters is 2. The van der Waals surface area contributed by atoms with Gasteiger partial charge in [-0.05, 0) is 69.9 Å². The zero-order valence-corrected chi connectivity index (χ0v) is 23.7. The first-order valence-electron chi connectivity index (χ1n) is 13.4. The molecule has 0 unspecified atom stereocenters. The third-order valence-corrected chi connectivity index (χ3v) is 5.40. The third kappa shape index (κ3) is 14.5. The number of hydrogen-bond donors (Lipinski definition) is 0. The lowest BCUT2D eigenvalue weighted by molar-refractivity contribution is -0.143. The van der Waals surface area contributed by atoms with E-state index >= 15 is 0 Å². The molecule has 0 spiro atoms. The number of benzene rings is 2. The largest absolute Gasteiger partial charge is 0.466 e. The molecule has 1 heterocycles. The van der Waals surface area contributed by atoms with Gasteiger partial charge in [-0.25, -0.2) is 0 Å².